The first-order valence-electron chi connectivity index (χ1n) is 9.85. The number of carbonyl (C=O) groups is 1. The molecule has 1 aliphatic carbocycles. The van der Waals surface area contributed by atoms with Gasteiger partial charge >= 0.3 is 12.1 Å². The lowest BCUT2D eigenvalue weighted by Gasteiger charge is -2.24. The zero-order valence-electron chi connectivity index (χ0n) is 16.7. The molecule has 0 N–H and O–H groups in total. The summed E-state index contributed by atoms with van der Waals surface area (Å²) in [5.41, 5.74) is -0.879. The lowest BCUT2D eigenvalue weighted by molar-refractivity contribution is -0.158. The van der Waals surface area contributed by atoms with E-state index in [0.717, 1.165) is 50.3 Å². The zero-order valence-corrected chi connectivity index (χ0v) is 18.2. The van der Waals surface area contributed by atoms with E-state index in [1.807, 2.05) is 0 Å². The van der Waals surface area contributed by atoms with Gasteiger partial charge < -0.3 is 14.2 Å². The van der Waals surface area contributed by atoms with Crippen LogP contribution in [0.3, 0.4) is 0 Å². The summed E-state index contributed by atoms with van der Waals surface area (Å²) < 4.78 is 55.1. The van der Waals surface area contributed by atoms with Gasteiger partial charge in [0.05, 0.1) is 15.6 Å². The van der Waals surface area contributed by atoms with Crippen LogP contribution < -0.4 is 9.47 Å². The van der Waals surface area contributed by atoms with Crippen molar-refractivity contribution in [3.63, 3.8) is 0 Å². The SMILES string of the molecule is CC(Oc1cc(Oc2ccc(C(F)(F)F)cc2Cl)ccc1Cl)C(=O)OC1CCCCC1. The molecule has 1 saturated carbocycles. The predicted molar refractivity (Wildman–Crippen MR) is 111 cm³/mol. The number of esters is 1. The highest BCUT2D eigenvalue weighted by atomic mass is 35.5. The van der Waals surface area contributed by atoms with Gasteiger partial charge in [-0.2, -0.15) is 13.2 Å². The van der Waals surface area contributed by atoms with Crippen molar-refractivity contribution in [2.75, 3.05) is 0 Å². The molecule has 0 bridgehead atoms. The van der Waals surface area contributed by atoms with Crippen LogP contribution in [-0.2, 0) is 15.7 Å². The van der Waals surface area contributed by atoms with Crippen molar-refractivity contribution >= 4 is 29.2 Å². The molecule has 4 nitrogen and oxygen atoms in total. The maximum atomic E-state index is 12.8. The third-order valence-electron chi connectivity index (χ3n) is 4.86. The Labute approximate surface area is 188 Å². The maximum Gasteiger partial charge on any atom is 0.416 e. The molecule has 1 aliphatic rings. The molecule has 0 saturated heterocycles. The van der Waals surface area contributed by atoms with E-state index in [9.17, 15) is 18.0 Å². The quantitative estimate of drug-likeness (QED) is 0.406. The summed E-state index contributed by atoms with van der Waals surface area (Å²) in [5, 5.41) is 0.0415. The molecule has 0 heterocycles. The van der Waals surface area contributed by atoms with Crippen LogP contribution in [0.5, 0.6) is 17.2 Å². The molecule has 31 heavy (non-hydrogen) atoms. The van der Waals surface area contributed by atoms with Gasteiger partial charge in [-0.1, -0.05) is 29.6 Å². The monoisotopic (exact) mass is 476 g/mol. The van der Waals surface area contributed by atoms with E-state index >= 15 is 0 Å². The van der Waals surface area contributed by atoms with Gasteiger partial charge in [0.1, 0.15) is 23.4 Å². The molecular weight excluding hydrogens is 456 g/mol. The molecule has 0 aliphatic heterocycles. The fourth-order valence-electron chi connectivity index (χ4n) is 3.21. The molecule has 2 aromatic carbocycles. The molecule has 0 aromatic heterocycles. The summed E-state index contributed by atoms with van der Waals surface area (Å²) in [4.78, 5) is 12.3. The molecule has 2 aromatic rings. The first kappa shape index (κ1) is 23.5. The second-order valence-corrected chi connectivity index (χ2v) is 8.11. The van der Waals surface area contributed by atoms with Crippen molar-refractivity contribution in [2.45, 2.75) is 57.4 Å². The Hall–Kier alpha value is -2.12. The minimum atomic E-state index is -4.51. The van der Waals surface area contributed by atoms with Crippen LogP contribution in [0.1, 0.15) is 44.6 Å². The molecule has 1 atom stereocenters. The van der Waals surface area contributed by atoms with Gasteiger partial charge in [0.2, 0.25) is 0 Å². The third kappa shape index (κ3) is 6.43. The number of hydrogen-bond acceptors (Lipinski definition) is 4. The van der Waals surface area contributed by atoms with Gasteiger partial charge in [-0.3, -0.25) is 0 Å². The summed E-state index contributed by atoms with van der Waals surface area (Å²) in [5.74, 6) is -0.0445. The summed E-state index contributed by atoms with van der Waals surface area (Å²) in [6.45, 7) is 1.56. The lowest BCUT2D eigenvalue weighted by Crippen LogP contribution is -2.31. The topological polar surface area (TPSA) is 44.8 Å². The Morgan fingerprint density at radius 1 is 1.00 bits per heavy atom. The van der Waals surface area contributed by atoms with Crippen LogP contribution in [0.25, 0.3) is 0 Å². The number of carbonyl (C=O) groups excluding carboxylic acids is 1. The van der Waals surface area contributed by atoms with Crippen molar-refractivity contribution in [3.05, 3.63) is 52.0 Å². The Balaban J connectivity index is 1.68. The highest BCUT2D eigenvalue weighted by Crippen LogP contribution is 2.38. The number of benzene rings is 2. The highest BCUT2D eigenvalue weighted by molar-refractivity contribution is 6.32. The second kappa shape index (κ2) is 10.0. The summed E-state index contributed by atoms with van der Waals surface area (Å²) in [6.07, 6.45) is -0.608. The van der Waals surface area contributed by atoms with E-state index in [2.05, 4.69) is 0 Å². The lowest BCUT2D eigenvalue weighted by atomic mass is 9.98. The van der Waals surface area contributed by atoms with Gasteiger partial charge in [0.15, 0.2) is 6.10 Å². The van der Waals surface area contributed by atoms with Gasteiger partial charge in [-0.25, -0.2) is 4.79 Å². The number of ether oxygens (including phenoxy) is 3. The molecular formula is C22H21Cl2F3O4. The first-order chi connectivity index (χ1) is 14.6. The molecule has 0 radical (unpaired) electrons. The van der Waals surface area contributed by atoms with E-state index in [-0.39, 0.29) is 33.4 Å². The van der Waals surface area contributed by atoms with Crippen LogP contribution in [0, 0.1) is 0 Å². The molecule has 1 unspecified atom stereocenters. The largest absolute Gasteiger partial charge is 0.477 e. The fourth-order valence-corrected chi connectivity index (χ4v) is 3.59. The Kier molecular flexibility index (Phi) is 7.59. The van der Waals surface area contributed by atoms with E-state index in [0.29, 0.717) is 0 Å². The first-order valence-corrected chi connectivity index (χ1v) is 10.6. The normalized spacial score (nSPS) is 15.9. The van der Waals surface area contributed by atoms with Crippen LogP contribution in [0.15, 0.2) is 36.4 Å². The molecule has 0 spiro atoms. The second-order valence-electron chi connectivity index (χ2n) is 7.29. The van der Waals surface area contributed by atoms with Crippen molar-refractivity contribution in [2.24, 2.45) is 0 Å². The predicted octanol–water partition coefficient (Wildman–Crippen LogP) is 7.45. The number of alkyl halides is 3. The molecule has 168 valence electrons. The van der Waals surface area contributed by atoms with E-state index in [1.165, 1.54) is 18.2 Å². The molecule has 3 rings (SSSR count). The molecule has 0 amide bonds. The number of hydrogen-bond donors (Lipinski definition) is 0. The van der Waals surface area contributed by atoms with Crippen molar-refractivity contribution in [1.29, 1.82) is 0 Å². The van der Waals surface area contributed by atoms with E-state index < -0.39 is 23.8 Å². The van der Waals surface area contributed by atoms with E-state index in [4.69, 9.17) is 37.4 Å². The summed E-state index contributed by atoms with van der Waals surface area (Å²) in [7, 11) is 0. The van der Waals surface area contributed by atoms with Gasteiger partial charge in [0, 0.05) is 6.07 Å². The molecule has 1 fully saturated rings. The number of rotatable bonds is 6. The minimum absolute atomic E-state index is 0.0349. The smallest absolute Gasteiger partial charge is 0.416 e. The average Bonchev–Trinajstić information content (AvgIpc) is 2.71. The van der Waals surface area contributed by atoms with Crippen molar-refractivity contribution in [3.8, 4) is 17.2 Å². The van der Waals surface area contributed by atoms with E-state index in [1.54, 1.807) is 6.92 Å². The Bertz CT molecular complexity index is 927. The summed E-state index contributed by atoms with van der Waals surface area (Å²) >= 11 is 12.1. The van der Waals surface area contributed by atoms with Gasteiger partial charge in [0.25, 0.3) is 0 Å². The summed E-state index contributed by atoms with van der Waals surface area (Å²) in [6, 6.07) is 7.22. The van der Waals surface area contributed by atoms with Crippen LogP contribution in [0.2, 0.25) is 10.0 Å². The highest BCUT2D eigenvalue weighted by Gasteiger charge is 2.31. The van der Waals surface area contributed by atoms with Gasteiger partial charge in [-0.05, 0) is 62.9 Å². The number of halogens is 5. The minimum Gasteiger partial charge on any atom is -0.477 e. The maximum absolute atomic E-state index is 12.8. The fraction of sp³-hybridized carbons (Fsp3) is 0.409. The third-order valence-corrected chi connectivity index (χ3v) is 5.47. The van der Waals surface area contributed by atoms with Crippen molar-refractivity contribution < 1.29 is 32.2 Å². The van der Waals surface area contributed by atoms with Crippen molar-refractivity contribution in [1.82, 2.24) is 0 Å². The van der Waals surface area contributed by atoms with Crippen LogP contribution in [-0.4, -0.2) is 18.2 Å². The Morgan fingerprint density at radius 2 is 1.71 bits per heavy atom. The zero-order chi connectivity index (χ0) is 22.6. The van der Waals surface area contributed by atoms with Crippen LogP contribution in [0.4, 0.5) is 13.2 Å². The standard InChI is InChI=1S/C22H21Cl2F3O4/c1-13(21(28)31-15-5-3-2-4-6-15)29-20-12-16(8-9-17(20)23)30-19-10-7-14(11-18(19)24)22(25,26)27/h7-13,15H,2-6H2,1H3. The molecule has 9 heteroatoms. The Morgan fingerprint density at radius 3 is 2.35 bits per heavy atom. The average molecular weight is 477 g/mol. The van der Waals surface area contributed by atoms with Gasteiger partial charge in [-0.15, -0.1) is 0 Å². The van der Waals surface area contributed by atoms with Crippen LogP contribution >= 0.6 is 23.2 Å².